The van der Waals surface area contributed by atoms with Gasteiger partial charge >= 0.3 is 0 Å². The minimum absolute atomic E-state index is 0.000390. The van der Waals surface area contributed by atoms with E-state index in [0.29, 0.717) is 18.7 Å². The molecule has 0 aromatic heterocycles. The number of sulfonamides is 1. The molecule has 0 unspecified atom stereocenters. The maximum Gasteiger partial charge on any atom is 0.253 e. The van der Waals surface area contributed by atoms with Gasteiger partial charge in [-0.25, -0.2) is 8.42 Å². The van der Waals surface area contributed by atoms with Crippen LogP contribution in [0, 0.1) is 0 Å². The fraction of sp³-hybridized carbons (Fsp3) is 0.480. The van der Waals surface area contributed by atoms with E-state index in [1.165, 1.54) is 24.5 Å². The molecule has 0 radical (unpaired) electrons. The van der Waals surface area contributed by atoms with Crippen LogP contribution in [0.4, 0.5) is 0 Å². The van der Waals surface area contributed by atoms with Gasteiger partial charge in [-0.15, -0.1) is 0 Å². The third-order valence-corrected chi connectivity index (χ3v) is 7.90. The molecule has 0 aliphatic carbocycles. The summed E-state index contributed by atoms with van der Waals surface area (Å²) in [5.41, 5.74) is 1.28. The van der Waals surface area contributed by atoms with E-state index in [4.69, 9.17) is 4.74 Å². The first-order valence-electron chi connectivity index (χ1n) is 11.3. The van der Waals surface area contributed by atoms with Gasteiger partial charge in [-0.05, 0) is 51.0 Å². The van der Waals surface area contributed by atoms with Crippen LogP contribution < -0.4 is 4.74 Å². The van der Waals surface area contributed by atoms with E-state index in [0.717, 1.165) is 25.1 Å². The number of methoxy groups -OCH3 is 1. The number of hydrogen-bond donors (Lipinski definition) is 0. The Morgan fingerprint density at radius 3 is 2.36 bits per heavy atom. The van der Waals surface area contributed by atoms with Gasteiger partial charge in [0.2, 0.25) is 10.0 Å². The Morgan fingerprint density at radius 1 is 1.03 bits per heavy atom. The van der Waals surface area contributed by atoms with Gasteiger partial charge in [-0.1, -0.05) is 30.3 Å². The highest BCUT2D eigenvalue weighted by Crippen LogP contribution is 2.29. The molecule has 0 bridgehead atoms. The lowest BCUT2D eigenvalue weighted by atomic mass is 10.1. The van der Waals surface area contributed by atoms with Crippen LogP contribution in [-0.2, 0) is 16.6 Å². The molecule has 0 saturated carbocycles. The molecule has 0 N–H and O–H groups in total. The van der Waals surface area contributed by atoms with Crippen LogP contribution >= 0.6 is 0 Å². The van der Waals surface area contributed by atoms with Gasteiger partial charge in [0.15, 0.2) is 0 Å². The van der Waals surface area contributed by atoms with Crippen LogP contribution in [0.5, 0.6) is 5.75 Å². The van der Waals surface area contributed by atoms with E-state index in [9.17, 15) is 13.2 Å². The molecule has 1 aliphatic rings. The molecule has 7 nitrogen and oxygen atoms in total. The predicted molar refractivity (Wildman–Crippen MR) is 130 cm³/mol. The van der Waals surface area contributed by atoms with Gasteiger partial charge in [0.25, 0.3) is 5.91 Å². The van der Waals surface area contributed by atoms with Crippen molar-refractivity contribution in [2.24, 2.45) is 0 Å². The van der Waals surface area contributed by atoms with E-state index < -0.39 is 10.0 Å². The molecule has 3 rings (SSSR count). The Kier molecular flexibility index (Phi) is 7.82. The van der Waals surface area contributed by atoms with Crippen LogP contribution in [0.2, 0.25) is 0 Å². The number of benzene rings is 2. The zero-order valence-corrected chi connectivity index (χ0v) is 21.1. The first-order chi connectivity index (χ1) is 15.5. The van der Waals surface area contributed by atoms with Crippen molar-refractivity contribution in [1.82, 2.24) is 14.1 Å². The maximum atomic E-state index is 13.4. The highest BCUT2D eigenvalue weighted by molar-refractivity contribution is 7.89. The Labute approximate surface area is 198 Å². The monoisotopic (exact) mass is 473 g/mol. The van der Waals surface area contributed by atoms with Crippen molar-refractivity contribution in [3.05, 3.63) is 59.7 Å². The molecule has 2 aromatic carbocycles. The number of rotatable bonds is 6. The van der Waals surface area contributed by atoms with Crippen LogP contribution in [0.25, 0.3) is 0 Å². The zero-order valence-electron chi connectivity index (χ0n) is 20.2. The number of carbonyl (C=O) groups excluding carboxylic acids is 1. The van der Waals surface area contributed by atoms with Gasteiger partial charge in [0, 0.05) is 50.9 Å². The highest BCUT2D eigenvalue weighted by Gasteiger charge is 2.29. The SMILES string of the molecule is COc1ccc(C(=O)N2CCCN(C(C)(C)C)CC2)cc1S(=O)(=O)N(C)Cc1ccccc1. The van der Waals surface area contributed by atoms with Crippen molar-refractivity contribution < 1.29 is 17.9 Å². The van der Waals surface area contributed by atoms with Crippen LogP contribution in [-0.4, -0.2) is 74.3 Å². The average molecular weight is 474 g/mol. The second-order valence-corrected chi connectivity index (χ2v) is 11.4. The molecular weight excluding hydrogens is 438 g/mol. The summed E-state index contributed by atoms with van der Waals surface area (Å²) in [5.74, 6) is 0.0665. The molecule has 1 aliphatic heterocycles. The predicted octanol–water partition coefficient (Wildman–Crippen LogP) is 3.46. The lowest BCUT2D eigenvalue weighted by Gasteiger charge is -2.34. The second-order valence-electron chi connectivity index (χ2n) is 9.42. The Morgan fingerprint density at radius 2 is 1.73 bits per heavy atom. The molecule has 1 fully saturated rings. The summed E-state index contributed by atoms with van der Waals surface area (Å²) in [4.78, 5) is 17.5. The summed E-state index contributed by atoms with van der Waals surface area (Å²) in [6.45, 7) is 9.73. The molecular formula is C25H35N3O4S. The number of ether oxygens (including phenoxy) is 1. The van der Waals surface area contributed by atoms with Crippen LogP contribution in [0.3, 0.4) is 0 Å². The third-order valence-electron chi connectivity index (χ3n) is 6.08. The first-order valence-corrected chi connectivity index (χ1v) is 12.7. The zero-order chi connectivity index (χ0) is 24.2. The summed E-state index contributed by atoms with van der Waals surface area (Å²) in [6, 6.07) is 14.0. The Balaban J connectivity index is 1.85. The topological polar surface area (TPSA) is 70.2 Å². The molecule has 0 spiro atoms. The maximum absolute atomic E-state index is 13.4. The average Bonchev–Trinajstić information content (AvgIpc) is 3.05. The Bertz CT molecular complexity index is 1060. The molecule has 0 atom stereocenters. The van der Waals surface area contributed by atoms with Crippen molar-refractivity contribution in [3.63, 3.8) is 0 Å². The Hall–Kier alpha value is -2.42. The van der Waals surface area contributed by atoms with E-state index in [1.807, 2.05) is 35.2 Å². The summed E-state index contributed by atoms with van der Waals surface area (Å²) < 4.78 is 33.4. The van der Waals surface area contributed by atoms with Crippen molar-refractivity contribution in [1.29, 1.82) is 0 Å². The summed E-state index contributed by atoms with van der Waals surface area (Å²) >= 11 is 0. The molecule has 1 amide bonds. The van der Waals surface area contributed by atoms with Crippen molar-refractivity contribution in [2.45, 2.75) is 44.2 Å². The van der Waals surface area contributed by atoms with E-state index >= 15 is 0 Å². The standard InChI is InChI=1S/C25H35N3O4S/c1-25(2,3)28-15-9-14-27(16-17-28)24(29)21-12-13-22(32-5)23(18-21)33(30,31)26(4)19-20-10-7-6-8-11-20/h6-8,10-13,18H,9,14-17,19H2,1-5H3. The van der Waals surface area contributed by atoms with Gasteiger partial charge in [0.05, 0.1) is 7.11 Å². The number of amides is 1. The molecule has 1 saturated heterocycles. The van der Waals surface area contributed by atoms with Crippen LogP contribution in [0.15, 0.2) is 53.4 Å². The first kappa shape index (κ1) is 25.2. The van der Waals surface area contributed by atoms with E-state index in [-0.39, 0.29) is 28.6 Å². The number of carbonyl (C=O) groups is 1. The van der Waals surface area contributed by atoms with Gasteiger partial charge < -0.3 is 9.64 Å². The molecule has 2 aromatic rings. The second kappa shape index (κ2) is 10.2. The summed E-state index contributed by atoms with van der Waals surface area (Å²) in [5, 5.41) is 0. The minimum Gasteiger partial charge on any atom is -0.495 e. The summed E-state index contributed by atoms with van der Waals surface area (Å²) in [6.07, 6.45) is 0.879. The van der Waals surface area contributed by atoms with Gasteiger partial charge in [-0.3, -0.25) is 9.69 Å². The van der Waals surface area contributed by atoms with Gasteiger partial charge in [0.1, 0.15) is 10.6 Å². The lowest BCUT2D eigenvalue weighted by molar-refractivity contribution is 0.0749. The number of nitrogens with zero attached hydrogens (tertiary/aromatic N) is 3. The van der Waals surface area contributed by atoms with Crippen molar-refractivity contribution in [2.75, 3.05) is 40.3 Å². The largest absolute Gasteiger partial charge is 0.495 e. The minimum atomic E-state index is -3.87. The van der Waals surface area contributed by atoms with Crippen LogP contribution in [0.1, 0.15) is 43.1 Å². The lowest BCUT2D eigenvalue weighted by Crippen LogP contribution is -2.44. The fourth-order valence-corrected chi connectivity index (χ4v) is 5.41. The van der Waals surface area contributed by atoms with Crippen molar-refractivity contribution >= 4 is 15.9 Å². The normalized spacial score (nSPS) is 16.0. The smallest absolute Gasteiger partial charge is 0.253 e. The highest BCUT2D eigenvalue weighted by atomic mass is 32.2. The summed E-state index contributed by atoms with van der Waals surface area (Å²) in [7, 11) is -0.905. The van der Waals surface area contributed by atoms with Crippen molar-refractivity contribution in [3.8, 4) is 5.75 Å². The molecule has 1 heterocycles. The molecule has 180 valence electrons. The molecule has 8 heteroatoms. The molecule has 33 heavy (non-hydrogen) atoms. The quantitative estimate of drug-likeness (QED) is 0.643. The van der Waals surface area contributed by atoms with Gasteiger partial charge in [-0.2, -0.15) is 4.31 Å². The third kappa shape index (κ3) is 5.93. The van der Waals surface area contributed by atoms with E-state index in [1.54, 1.807) is 12.1 Å². The number of hydrogen-bond acceptors (Lipinski definition) is 5. The van der Waals surface area contributed by atoms with E-state index in [2.05, 4.69) is 25.7 Å². The fourth-order valence-electron chi connectivity index (χ4n) is 4.08.